The Morgan fingerprint density at radius 3 is 2.53 bits per heavy atom. The maximum Gasteiger partial charge on any atom is 0.0205 e. The van der Waals surface area contributed by atoms with E-state index >= 15 is 0 Å². The van der Waals surface area contributed by atoms with Crippen LogP contribution in [0.4, 0.5) is 0 Å². The molecule has 0 heterocycles. The topological polar surface area (TPSA) is 38.0 Å². The molecule has 3 N–H and O–H groups in total. The van der Waals surface area contributed by atoms with Crippen molar-refractivity contribution in [3.8, 4) is 0 Å². The molecule has 0 aromatic heterocycles. The summed E-state index contributed by atoms with van der Waals surface area (Å²) in [6.07, 6.45) is 3.82. The minimum absolute atomic E-state index is 0.771. The van der Waals surface area contributed by atoms with Gasteiger partial charge in [0, 0.05) is 6.54 Å². The van der Waals surface area contributed by atoms with E-state index in [4.69, 9.17) is 5.73 Å². The molecule has 1 saturated carbocycles. The van der Waals surface area contributed by atoms with E-state index < -0.39 is 0 Å². The van der Waals surface area contributed by atoms with Crippen molar-refractivity contribution in [1.82, 2.24) is 5.32 Å². The van der Waals surface area contributed by atoms with Crippen LogP contribution in [-0.4, -0.2) is 13.1 Å². The van der Waals surface area contributed by atoms with E-state index in [2.05, 4.69) is 29.6 Å². The molecule has 0 saturated heterocycles. The van der Waals surface area contributed by atoms with Crippen LogP contribution in [0.25, 0.3) is 0 Å². The van der Waals surface area contributed by atoms with Gasteiger partial charge in [-0.15, -0.1) is 0 Å². The molecule has 0 amide bonds. The lowest BCUT2D eigenvalue weighted by molar-refractivity contribution is 0.655. The first kappa shape index (κ1) is 10.7. The van der Waals surface area contributed by atoms with Gasteiger partial charge in [-0.2, -0.15) is 0 Å². The van der Waals surface area contributed by atoms with Crippen LogP contribution in [0.2, 0.25) is 0 Å². The lowest BCUT2D eigenvalue weighted by atomic mass is 10.1. The maximum atomic E-state index is 5.43. The van der Waals surface area contributed by atoms with Gasteiger partial charge in [0.05, 0.1) is 0 Å². The van der Waals surface area contributed by atoms with Crippen molar-refractivity contribution in [3.05, 3.63) is 35.4 Å². The van der Waals surface area contributed by atoms with Crippen LogP contribution in [0.3, 0.4) is 0 Å². The molecule has 82 valence electrons. The molecule has 1 aromatic carbocycles. The highest BCUT2D eigenvalue weighted by molar-refractivity contribution is 5.27. The molecule has 2 nitrogen and oxygen atoms in total. The molecular weight excluding hydrogens is 184 g/mol. The van der Waals surface area contributed by atoms with E-state index in [-0.39, 0.29) is 0 Å². The molecule has 1 aromatic rings. The number of rotatable bonds is 6. The normalized spacial score (nSPS) is 15.5. The van der Waals surface area contributed by atoms with E-state index in [9.17, 15) is 0 Å². The second-order valence-corrected chi connectivity index (χ2v) is 4.33. The monoisotopic (exact) mass is 204 g/mol. The molecule has 0 spiro atoms. The highest BCUT2D eigenvalue weighted by Crippen LogP contribution is 2.39. The Bertz CT molecular complexity index is 288. The fourth-order valence-electron chi connectivity index (χ4n) is 1.78. The number of hydrogen-bond acceptors (Lipinski definition) is 2. The Kier molecular flexibility index (Phi) is 3.75. The molecule has 1 aliphatic carbocycles. The number of benzene rings is 1. The van der Waals surface area contributed by atoms with Gasteiger partial charge in [0.2, 0.25) is 0 Å². The van der Waals surface area contributed by atoms with Gasteiger partial charge in [0.25, 0.3) is 0 Å². The Labute approximate surface area is 91.9 Å². The smallest absolute Gasteiger partial charge is 0.0205 e. The van der Waals surface area contributed by atoms with Gasteiger partial charge in [-0.3, -0.25) is 0 Å². The third-order valence-corrected chi connectivity index (χ3v) is 2.92. The molecule has 0 aliphatic heterocycles. The highest BCUT2D eigenvalue weighted by atomic mass is 14.8. The number of hydrogen-bond donors (Lipinski definition) is 2. The van der Waals surface area contributed by atoms with E-state index in [1.807, 2.05) is 0 Å². The molecule has 1 aliphatic rings. The lowest BCUT2D eigenvalue weighted by Crippen LogP contribution is -2.17. The summed E-state index contributed by atoms with van der Waals surface area (Å²) >= 11 is 0. The average Bonchev–Trinajstić information content (AvgIpc) is 3.09. The molecule has 15 heavy (non-hydrogen) atoms. The van der Waals surface area contributed by atoms with Gasteiger partial charge < -0.3 is 11.1 Å². The first-order valence-corrected chi connectivity index (χ1v) is 5.90. The SMILES string of the molecule is NCCCNCc1ccc(C2CC2)cc1. The highest BCUT2D eigenvalue weighted by Gasteiger charge is 2.22. The largest absolute Gasteiger partial charge is 0.330 e. The van der Waals surface area contributed by atoms with Gasteiger partial charge in [0.1, 0.15) is 0 Å². The summed E-state index contributed by atoms with van der Waals surface area (Å²) in [5.74, 6) is 0.865. The van der Waals surface area contributed by atoms with Crippen LogP contribution >= 0.6 is 0 Å². The quantitative estimate of drug-likeness (QED) is 0.696. The van der Waals surface area contributed by atoms with Gasteiger partial charge in [-0.25, -0.2) is 0 Å². The second kappa shape index (κ2) is 5.29. The fraction of sp³-hybridized carbons (Fsp3) is 0.538. The third kappa shape index (κ3) is 3.33. The Morgan fingerprint density at radius 1 is 1.20 bits per heavy atom. The Morgan fingerprint density at radius 2 is 1.93 bits per heavy atom. The molecule has 0 radical (unpaired) electrons. The van der Waals surface area contributed by atoms with Crippen molar-refractivity contribution in [2.24, 2.45) is 5.73 Å². The van der Waals surface area contributed by atoms with Crippen molar-refractivity contribution < 1.29 is 0 Å². The summed E-state index contributed by atoms with van der Waals surface area (Å²) in [7, 11) is 0. The van der Waals surface area contributed by atoms with Crippen LogP contribution in [0.5, 0.6) is 0 Å². The summed E-state index contributed by atoms with van der Waals surface area (Å²) in [4.78, 5) is 0. The van der Waals surface area contributed by atoms with Crippen LogP contribution < -0.4 is 11.1 Å². The van der Waals surface area contributed by atoms with Gasteiger partial charge in [-0.1, -0.05) is 24.3 Å². The summed E-state index contributed by atoms with van der Waals surface area (Å²) in [5, 5.41) is 3.39. The summed E-state index contributed by atoms with van der Waals surface area (Å²) in [6.45, 7) is 2.75. The predicted octanol–water partition coefficient (Wildman–Crippen LogP) is 2.00. The molecular formula is C13H20N2. The second-order valence-electron chi connectivity index (χ2n) is 4.33. The number of nitrogens with one attached hydrogen (secondary N) is 1. The summed E-state index contributed by atoms with van der Waals surface area (Å²) < 4.78 is 0. The van der Waals surface area contributed by atoms with E-state index in [0.29, 0.717) is 0 Å². The zero-order chi connectivity index (χ0) is 10.5. The third-order valence-electron chi connectivity index (χ3n) is 2.92. The Hall–Kier alpha value is -0.860. The number of nitrogens with two attached hydrogens (primary N) is 1. The van der Waals surface area contributed by atoms with E-state index in [1.165, 1.54) is 24.0 Å². The van der Waals surface area contributed by atoms with E-state index in [1.54, 1.807) is 0 Å². The zero-order valence-electron chi connectivity index (χ0n) is 9.21. The van der Waals surface area contributed by atoms with Crippen molar-refractivity contribution in [1.29, 1.82) is 0 Å². The first-order chi connectivity index (χ1) is 7.40. The van der Waals surface area contributed by atoms with E-state index in [0.717, 1.165) is 32.0 Å². The van der Waals surface area contributed by atoms with Crippen LogP contribution in [0, 0.1) is 0 Å². The van der Waals surface area contributed by atoms with Crippen molar-refractivity contribution in [2.45, 2.75) is 31.7 Å². The van der Waals surface area contributed by atoms with Crippen LogP contribution in [-0.2, 0) is 6.54 Å². The molecule has 0 bridgehead atoms. The zero-order valence-corrected chi connectivity index (χ0v) is 9.21. The lowest BCUT2D eigenvalue weighted by Gasteiger charge is -2.05. The summed E-state index contributed by atoms with van der Waals surface area (Å²) in [5.41, 5.74) is 8.31. The maximum absolute atomic E-state index is 5.43. The minimum Gasteiger partial charge on any atom is -0.330 e. The van der Waals surface area contributed by atoms with Crippen LogP contribution in [0.15, 0.2) is 24.3 Å². The van der Waals surface area contributed by atoms with Crippen LogP contribution in [0.1, 0.15) is 36.3 Å². The van der Waals surface area contributed by atoms with Gasteiger partial charge in [-0.05, 0) is 49.4 Å². The average molecular weight is 204 g/mol. The minimum atomic E-state index is 0.771. The Balaban J connectivity index is 1.76. The van der Waals surface area contributed by atoms with Crippen molar-refractivity contribution in [3.63, 3.8) is 0 Å². The van der Waals surface area contributed by atoms with Crippen molar-refractivity contribution in [2.75, 3.05) is 13.1 Å². The molecule has 1 fully saturated rings. The molecule has 2 rings (SSSR count). The predicted molar refractivity (Wildman–Crippen MR) is 63.8 cm³/mol. The standard InChI is InChI=1S/C13H20N2/c14-8-1-9-15-10-11-2-4-12(5-3-11)13-6-7-13/h2-5,13,15H,1,6-10,14H2. The fourth-order valence-corrected chi connectivity index (χ4v) is 1.78. The molecule has 0 unspecified atom stereocenters. The van der Waals surface area contributed by atoms with Gasteiger partial charge in [0.15, 0.2) is 0 Å². The van der Waals surface area contributed by atoms with Gasteiger partial charge >= 0.3 is 0 Å². The first-order valence-electron chi connectivity index (χ1n) is 5.90. The molecule has 2 heteroatoms. The van der Waals surface area contributed by atoms with Crippen molar-refractivity contribution >= 4 is 0 Å². The summed E-state index contributed by atoms with van der Waals surface area (Å²) in [6, 6.07) is 9.03. The molecule has 0 atom stereocenters.